The first-order chi connectivity index (χ1) is 27.6. The van der Waals surface area contributed by atoms with E-state index in [1.165, 1.54) is 42.7 Å². The second-order valence-corrected chi connectivity index (χ2v) is 15.1. The van der Waals surface area contributed by atoms with E-state index >= 15 is 0 Å². The van der Waals surface area contributed by atoms with Gasteiger partial charge in [0.25, 0.3) is 5.60 Å². The third-order valence-electron chi connectivity index (χ3n) is 8.17. The van der Waals surface area contributed by atoms with Crippen LogP contribution in [0.3, 0.4) is 0 Å². The molecule has 12 heteroatoms. The van der Waals surface area contributed by atoms with Gasteiger partial charge in [0.15, 0.2) is 0 Å². The molecule has 2 aromatic heterocycles. The summed E-state index contributed by atoms with van der Waals surface area (Å²) in [5, 5.41) is 10.0. The van der Waals surface area contributed by atoms with Gasteiger partial charge >= 0.3 is 118 Å². The summed E-state index contributed by atoms with van der Waals surface area (Å²) in [5.74, 6) is 1.87. The largest absolute Gasteiger partial charge is 0.430 e. The Kier molecular flexibility index (Phi) is 23.1. The van der Waals surface area contributed by atoms with Crippen LogP contribution >= 0.6 is 0 Å². The number of aliphatic imine (C=N–C) groups is 1. The van der Waals surface area contributed by atoms with Gasteiger partial charge in [-0.1, -0.05) is 86.7 Å². The Balaban J connectivity index is 0.000000385. The summed E-state index contributed by atoms with van der Waals surface area (Å²) >= 11 is 1.27. The molecule has 0 fully saturated rings. The van der Waals surface area contributed by atoms with Gasteiger partial charge in [0, 0.05) is 46.7 Å². The quantitative estimate of drug-likeness (QED) is 0.110. The number of allylic oxidation sites excluding steroid dienone is 9. The smallest absolute Gasteiger partial charge is 0.369 e. The zero-order valence-corrected chi connectivity index (χ0v) is 38.5. The number of alkyl halides is 6. The third kappa shape index (κ3) is 18.1. The number of benzene rings is 2. The molecule has 5 rings (SSSR count). The van der Waals surface area contributed by atoms with E-state index in [2.05, 4.69) is 146 Å². The maximum absolute atomic E-state index is 12.3. The van der Waals surface area contributed by atoms with E-state index < -0.39 is 23.5 Å². The monoisotopic (exact) mass is 992 g/mol. The molecule has 4 aromatic rings. The number of nitrogens with zero attached hydrogens (tertiary/aromatic N) is 3. The number of halogens is 6. The van der Waals surface area contributed by atoms with Crippen molar-refractivity contribution in [3.8, 4) is 0 Å². The summed E-state index contributed by atoms with van der Waals surface area (Å²) in [5.41, 5.74) is 1.99. The number of hydrogen-bond acceptors (Lipinski definition) is 4. The van der Waals surface area contributed by atoms with E-state index in [4.69, 9.17) is 5.11 Å². The Morgan fingerprint density at radius 2 is 1.41 bits per heavy atom. The second-order valence-electron chi connectivity index (χ2n) is 14.5. The molecule has 0 radical (unpaired) electrons. The summed E-state index contributed by atoms with van der Waals surface area (Å²) in [7, 11) is 0. The van der Waals surface area contributed by atoms with Gasteiger partial charge < -0.3 is 10.1 Å². The van der Waals surface area contributed by atoms with E-state index in [1.54, 1.807) is 0 Å². The number of aliphatic hydroxyl groups is 1. The first-order valence-corrected chi connectivity index (χ1v) is 20.5. The molecule has 320 valence electrons. The van der Waals surface area contributed by atoms with Crippen molar-refractivity contribution in [2.45, 2.75) is 93.6 Å². The maximum atomic E-state index is 12.3. The molecule has 0 spiro atoms. The third-order valence-corrected chi connectivity index (χ3v) is 9.15. The SMILES string of the molecule is C/C=C\C(C)C.C1=Cc2ccc3cccnc3c2N=CC1.C\C([N]=[W])=C(/C=C\C=C\C(C)C)C(C)C.Cc1ccc(C)[nH]1.OC(c1ccccc1)(C(F)(F)F)C(F)(F)F. The molecule has 0 saturated heterocycles. The molecule has 0 bridgehead atoms. The van der Waals surface area contributed by atoms with Gasteiger partial charge in [0.05, 0.1) is 11.2 Å². The van der Waals surface area contributed by atoms with Crippen molar-refractivity contribution in [3.63, 3.8) is 0 Å². The fourth-order valence-corrected chi connectivity index (χ4v) is 5.62. The van der Waals surface area contributed by atoms with Gasteiger partial charge in [-0.05, 0) is 44.9 Å². The standard InChI is InChI=1S/C13H10N2.C13H21N.C9H6F6O.C6H9N.C6H12.W/c1-2-8-14-12-10(4-1)6-7-11-5-3-9-15-13(11)12;1-10(2)8-6-7-9-13(11(3)4)12(5)14;10-8(11,12)7(16,9(13,14)15)6-4-2-1-3-5-6;1-5-3-4-6(2)7-5;1-4-5-6(2)3;/h1,3-9H,2H2;6-11H,1-5H3;1-5,16H;3-4,7H,1-2H3;4-6H,1-3H3;/b;8-6+,9-7-,13-12-;;;5-4-;. The summed E-state index contributed by atoms with van der Waals surface area (Å²) in [6.07, 6.45) is 10.0. The number of fused-ring (bicyclic) bond motifs is 3. The van der Waals surface area contributed by atoms with Crippen LogP contribution in [-0.2, 0) is 25.2 Å². The average molecular weight is 993 g/mol. The zero-order chi connectivity index (χ0) is 44.8. The first kappa shape index (κ1) is 52.5. The van der Waals surface area contributed by atoms with Crippen LogP contribution in [0.15, 0.2) is 135 Å². The summed E-state index contributed by atoms with van der Waals surface area (Å²) in [6.45, 7) is 21.3. The zero-order valence-electron chi connectivity index (χ0n) is 35.5. The number of H-pyrrole nitrogens is 1. The molecule has 2 N–H and O–H groups in total. The summed E-state index contributed by atoms with van der Waals surface area (Å²) < 4.78 is 78.2. The van der Waals surface area contributed by atoms with Gasteiger partial charge in [-0.3, -0.25) is 9.98 Å². The number of hydrogen-bond donors (Lipinski definition) is 2. The van der Waals surface area contributed by atoms with Crippen molar-refractivity contribution >= 4 is 28.9 Å². The van der Waals surface area contributed by atoms with Gasteiger partial charge in [0.2, 0.25) is 0 Å². The molecule has 1 aliphatic rings. The fraction of sp³-hybridized carbons (Fsp3) is 0.362. The van der Waals surface area contributed by atoms with Crippen LogP contribution < -0.4 is 0 Å². The number of rotatable bonds is 7. The normalized spacial score (nSPS) is 13.2. The van der Waals surface area contributed by atoms with Crippen LogP contribution in [0.4, 0.5) is 32.0 Å². The van der Waals surface area contributed by atoms with Crippen LogP contribution in [0.2, 0.25) is 0 Å². The number of aryl methyl sites for hydroxylation is 2. The van der Waals surface area contributed by atoms with Gasteiger partial charge in [-0.2, -0.15) is 26.3 Å². The average Bonchev–Trinajstić information content (AvgIpc) is 3.39. The van der Waals surface area contributed by atoms with Crippen LogP contribution in [0.1, 0.15) is 84.3 Å². The Morgan fingerprint density at radius 3 is 1.86 bits per heavy atom. The number of nitrogens with one attached hydrogen (secondary N) is 1. The Hall–Kier alpha value is -4.47. The van der Waals surface area contributed by atoms with Crippen LogP contribution in [0.5, 0.6) is 0 Å². The Bertz CT molecular complexity index is 2010. The van der Waals surface area contributed by atoms with Crippen molar-refractivity contribution < 1.29 is 51.1 Å². The molecule has 5 nitrogen and oxygen atoms in total. The van der Waals surface area contributed by atoms with Gasteiger partial charge in [0.1, 0.15) is 0 Å². The summed E-state index contributed by atoms with van der Waals surface area (Å²) in [6, 6.07) is 16.7. The molecule has 0 amide bonds. The number of aromatic amines is 1. The molecule has 3 heterocycles. The molecule has 1 aliphatic heterocycles. The second kappa shape index (κ2) is 25.9. The van der Waals surface area contributed by atoms with Gasteiger partial charge in [-0.15, -0.1) is 0 Å². The van der Waals surface area contributed by atoms with Crippen LogP contribution in [-0.4, -0.2) is 33.6 Å². The van der Waals surface area contributed by atoms with E-state index in [0.29, 0.717) is 24.0 Å². The van der Waals surface area contributed by atoms with E-state index in [-0.39, 0.29) is 0 Å². The van der Waals surface area contributed by atoms with Crippen molar-refractivity contribution in [1.29, 1.82) is 0 Å². The minimum atomic E-state index is -5.83. The minimum absolute atomic E-state index is 0.539. The predicted molar refractivity (Wildman–Crippen MR) is 229 cm³/mol. The first-order valence-electron chi connectivity index (χ1n) is 19.2. The summed E-state index contributed by atoms with van der Waals surface area (Å²) in [4.78, 5) is 12.0. The van der Waals surface area contributed by atoms with Crippen molar-refractivity contribution in [1.82, 2.24) is 9.97 Å². The Labute approximate surface area is 357 Å². The molecule has 59 heavy (non-hydrogen) atoms. The van der Waals surface area contributed by atoms with E-state index in [9.17, 15) is 26.3 Å². The molecular formula is C47H58F6N4OW. The predicted octanol–water partition coefficient (Wildman–Crippen LogP) is 14.6. The molecule has 0 unspecified atom stereocenters. The van der Waals surface area contributed by atoms with Crippen molar-refractivity contribution in [2.75, 3.05) is 0 Å². The molecule has 0 atom stereocenters. The maximum Gasteiger partial charge on any atom is 0.430 e. The van der Waals surface area contributed by atoms with Crippen molar-refractivity contribution in [2.24, 2.45) is 26.2 Å². The van der Waals surface area contributed by atoms with E-state index in [0.717, 1.165) is 52.3 Å². The topological polar surface area (TPSA) is 73.6 Å². The molecule has 2 aromatic carbocycles. The van der Waals surface area contributed by atoms with Crippen LogP contribution in [0, 0.1) is 31.6 Å². The molecule has 0 saturated carbocycles. The molecular weight excluding hydrogens is 934 g/mol. The Morgan fingerprint density at radius 1 is 0.814 bits per heavy atom. The van der Waals surface area contributed by atoms with Crippen molar-refractivity contribution in [3.05, 3.63) is 149 Å². The number of aromatic nitrogens is 2. The van der Waals surface area contributed by atoms with Gasteiger partial charge in [-0.25, -0.2) is 0 Å². The fourth-order valence-electron chi connectivity index (χ4n) is 5.24. The van der Waals surface area contributed by atoms with Crippen LogP contribution in [0.25, 0.3) is 17.0 Å². The minimum Gasteiger partial charge on any atom is -0.369 e. The van der Waals surface area contributed by atoms with E-state index in [1.807, 2.05) is 39.2 Å². The molecule has 0 aliphatic carbocycles. The number of pyridine rings is 1.